The Morgan fingerprint density at radius 2 is 1.73 bits per heavy atom. The Kier molecular flexibility index (Phi) is 6.36. The third-order valence-electron chi connectivity index (χ3n) is 3.63. The fraction of sp³-hybridized carbons (Fsp3) is 0.200. The lowest BCUT2D eigenvalue weighted by molar-refractivity contribution is -0.119. The van der Waals surface area contributed by atoms with Crippen molar-refractivity contribution in [3.05, 3.63) is 64.0 Å². The summed E-state index contributed by atoms with van der Waals surface area (Å²) in [6.45, 7) is 1.04. The number of carbonyl (C=O) groups is 2. The first-order valence-electron chi connectivity index (χ1n) is 8.17. The quantitative estimate of drug-likeness (QED) is 0.389. The van der Waals surface area contributed by atoms with Crippen molar-refractivity contribution in [2.45, 2.75) is 12.8 Å². The summed E-state index contributed by atoms with van der Waals surface area (Å²) in [5, 5.41) is 0.499. The van der Waals surface area contributed by atoms with Gasteiger partial charge in [-0.25, -0.2) is 0 Å². The molecule has 2 aromatic rings. The minimum Gasteiger partial charge on any atom is -0.493 e. The van der Waals surface area contributed by atoms with Crippen LogP contribution < -0.4 is 9.47 Å². The molecule has 0 bridgehead atoms. The normalized spacial score (nSPS) is 15.5. The van der Waals surface area contributed by atoms with Crippen LogP contribution in [0.25, 0.3) is 6.08 Å². The number of benzene rings is 2. The predicted octanol–water partition coefficient (Wildman–Crippen LogP) is 4.76. The highest BCUT2D eigenvalue weighted by Gasteiger charge is 2.25. The van der Waals surface area contributed by atoms with Crippen molar-refractivity contribution in [1.29, 1.82) is 0 Å². The van der Waals surface area contributed by atoms with Gasteiger partial charge in [0.1, 0.15) is 11.5 Å². The van der Waals surface area contributed by atoms with Crippen LogP contribution in [0.15, 0.2) is 53.4 Å². The maximum atomic E-state index is 11.6. The van der Waals surface area contributed by atoms with E-state index in [9.17, 15) is 9.59 Å². The number of hydrogen-bond acceptors (Lipinski definition) is 5. The monoisotopic (exact) mass is 388 g/mol. The van der Waals surface area contributed by atoms with Gasteiger partial charge in [-0.05, 0) is 47.7 Å². The van der Waals surface area contributed by atoms with Gasteiger partial charge >= 0.3 is 0 Å². The molecule has 3 rings (SSSR count). The van der Waals surface area contributed by atoms with E-state index >= 15 is 0 Å². The summed E-state index contributed by atoms with van der Waals surface area (Å²) >= 11 is 7.03. The Morgan fingerprint density at radius 1 is 1.00 bits per heavy atom. The van der Waals surface area contributed by atoms with Gasteiger partial charge in [-0.3, -0.25) is 9.59 Å². The number of halogens is 1. The average Bonchev–Trinajstić information content (AvgIpc) is 2.95. The molecule has 0 atom stereocenters. The average molecular weight is 389 g/mol. The maximum Gasteiger partial charge on any atom is 0.201 e. The molecule has 0 saturated carbocycles. The van der Waals surface area contributed by atoms with Gasteiger partial charge in [-0.1, -0.05) is 35.9 Å². The molecule has 0 spiro atoms. The summed E-state index contributed by atoms with van der Waals surface area (Å²) in [5.41, 5.74) is 0.866. The maximum absolute atomic E-state index is 11.6. The molecule has 0 radical (unpaired) electrons. The van der Waals surface area contributed by atoms with Gasteiger partial charge in [-0.2, -0.15) is 0 Å². The summed E-state index contributed by atoms with van der Waals surface area (Å²) in [6.07, 6.45) is 2.46. The zero-order valence-corrected chi connectivity index (χ0v) is 15.5. The molecule has 134 valence electrons. The molecule has 1 heterocycles. The zero-order valence-electron chi connectivity index (χ0n) is 13.9. The molecule has 1 saturated heterocycles. The third kappa shape index (κ3) is 5.13. The molecule has 0 N–H and O–H groups in total. The first kappa shape index (κ1) is 18.5. The molecule has 6 heteroatoms. The van der Waals surface area contributed by atoms with Crippen molar-refractivity contribution in [3.8, 4) is 11.5 Å². The van der Waals surface area contributed by atoms with E-state index in [-0.39, 0.29) is 17.3 Å². The first-order chi connectivity index (χ1) is 12.6. The lowest BCUT2D eigenvalue weighted by Crippen LogP contribution is -2.05. The number of ether oxygens (including phenoxy) is 2. The summed E-state index contributed by atoms with van der Waals surface area (Å²) in [5.74, 6) is 1.30. The second-order valence-corrected chi connectivity index (χ2v) is 7.14. The Bertz CT molecular complexity index is 830. The van der Waals surface area contributed by atoms with Crippen LogP contribution in [0.3, 0.4) is 0 Å². The minimum absolute atomic E-state index is 0.00599. The molecule has 1 fully saturated rings. The van der Waals surface area contributed by atoms with Crippen molar-refractivity contribution in [2.24, 2.45) is 0 Å². The standard InChI is InChI=1S/C20H17ClO4S/c21-16-4-1-2-5-18(16)25-11-3-10-24-15-8-6-14(7-9-15)12-19-17(22)13-20(23)26-19/h1-2,4-9,12H,3,10-11,13H2. The van der Waals surface area contributed by atoms with E-state index in [2.05, 4.69) is 0 Å². The molecular weight excluding hydrogens is 372 g/mol. The topological polar surface area (TPSA) is 52.6 Å². The Labute approximate surface area is 161 Å². The van der Waals surface area contributed by atoms with E-state index < -0.39 is 0 Å². The van der Waals surface area contributed by atoms with Gasteiger partial charge in [0.25, 0.3) is 0 Å². The fourth-order valence-electron chi connectivity index (χ4n) is 2.35. The molecule has 2 aromatic carbocycles. The highest BCUT2D eigenvalue weighted by Crippen LogP contribution is 2.30. The second-order valence-electron chi connectivity index (χ2n) is 5.63. The van der Waals surface area contributed by atoms with Gasteiger partial charge in [0.15, 0.2) is 5.78 Å². The van der Waals surface area contributed by atoms with Crippen LogP contribution >= 0.6 is 23.4 Å². The number of para-hydroxylation sites is 1. The summed E-state index contributed by atoms with van der Waals surface area (Å²) in [6, 6.07) is 14.8. The molecule has 26 heavy (non-hydrogen) atoms. The summed E-state index contributed by atoms with van der Waals surface area (Å²) in [4.78, 5) is 23.4. The Morgan fingerprint density at radius 3 is 2.42 bits per heavy atom. The zero-order chi connectivity index (χ0) is 18.4. The van der Waals surface area contributed by atoms with E-state index in [0.717, 1.165) is 29.5 Å². The van der Waals surface area contributed by atoms with Crippen molar-refractivity contribution in [3.63, 3.8) is 0 Å². The van der Waals surface area contributed by atoms with E-state index in [0.29, 0.717) is 28.9 Å². The van der Waals surface area contributed by atoms with Gasteiger partial charge in [0.2, 0.25) is 5.12 Å². The van der Waals surface area contributed by atoms with Crippen molar-refractivity contribution in [1.82, 2.24) is 0 Å². The van der Waals surface area contributed by atoms with E-state index in [1.165, 1.54) is 0 Å². The number of Topliss-reactive ketones (excluding diaryl/α,β-unsaturated/α-hetero) is 1. The third-order valence-corrected chi connectivity index (χ3v) is 4.88. The van der Waals surface area contributed by atoms with Crippen LogP contribution in [0.2, 0.25) is 5.02 Å². The fourth-order valence-corrected chi connectivity index (χ4v) is 3.37. The molecule has 0 amide bonds. The lowest BCUT2D eigenvalue weighted by atomic mass is 10.1. The van der Waals surface area contributed by atoms with Crippen LogP contribution in [0.1, 0.15) is 18.4 Å². The first-order valence-corrected chi connectivity index (χ1v) is 9.37. The SMILES string of the molecule is O=C1CC(=O)C(=Cc2ccc(OCCCOc3ccccc3Cl)cc2)S1. The van der Waals surface area contributed by atoms with E-state index in [1.807, 2.05) is 42.5 Å². The molecule has 1 aliphatic heterocycles. The number of rotatable bonds is 7. The summed E-state index contributed by atoms with van der Waals surface area (Å²) < 4.78 is 11.3. The molecule has 4 nitrogen and oxygen atoms in total. The van der Waals surface area contributed by atoms with Gasteiger partial charge in [0.05, 0.1) is 29.6 Å². The van der Waals surface area contributed by atoms with Crippen LogP contribution in [0.5, 0.6) is 11.5 Å². The molecule has 1 aliphatic rings. The number of ketones is 1. The number of thioether (sulfide) groups is 1. The lowest BCUT2D eigenvalue weighted by Gasteiger charge is -2.09. The minimum atomic E-state index is -0.112. The number of allylic oxidation sites excluding steroid dienone is 1. The van der Waals surface area contributed by atoms with E-state index in [1.54, 1.807) is 12.1 Å². The van der Waals surface area contributed by atoms with Gasteiger partial charge < -0.3 is 9.47 Å². The Hall–Kier alpha value is -2.24. The van der Waals surface area contributed by atoms with Gasteiger partial charge in [0, 0.05) is 6.42 Å². The van der Waals surface area contributed by atoms with Crippen LogP contribution in [-0.2, 0) is 9.59 Å². The van der Waals surface area contributed by atoms with E-state index in [4.69, 9.17) is 21.1 Å². The van der Waals surface area contributed by atoms with Gasteiger partial charge in [-0.15, -0.1) is 0 Å². The highest BCUT2D eigenvalue weighted by atomic mass is 35.5. The Balaban J connectivity index is 1.43. The van der Waals surface area contributed by atoms with Crippen LogP contribution in [-0.4, -0.2) is 24.1 Å². The molecule has 0 unspecified atom stereocenters. The van der Waals surface area contributed by atoms with Crippen molar-refractivity contribution >= 4 is 40.3 Å². The largest absolute Gasteiger partial charge is 0.493 e. The van der Waals surface area contributed by atoms with Crippen molar-refractivity contribution < 1.29 is 19.1 Å². The molecule has 0 aromatic heterocycles. The predicted molar refractivity (Wildman–Crippen MR) is 104 cm³/mol. The van der Waals surface area contributed by atoms with Crippen molar-refractivity contribution in [2.75, 3.05) is 13.2 Å². The number of carbonyl (C=O) groups excluding carboxylic acids is 2. The highest BCUT2D eigenvalue weighted by molar-refractivity contribution is 8.18. The molecular formula is C20H17ClO4S. The smallest absolute Gasteiger partial charge is 0.201 e. The molecule has 0 aliphatic carbocycles. The summed E-state index contributed by atoms with van der Waals surface area (Å²) in [7, 11) is 0. The second kappa shape index (κ2) is 8.92. The van der Waals surface area contributed by atoms with Crippen LogP contribution in [0.4, 0.5) is 0 Å². The number of hydrogen-bond donors (Lipinski definition) is 0. The van der Waals surface area contributed by atoms with Crippen LogP contribution in [0, 0.1) is 0 Å².